The molecule has 0 atom stereocenters. The molecule has 2 amide bonds. The van der Waals surface area contributed by atoms with Crippen LogP contribution < -0.4 is 11.1 Å². The van der Waals surface area contributed by atoms with Crippen molar-refractivity contribution >= 4 is 23.5 Å². The van der Waals surface area contributed by atoms with Crippen LogP contribution in [0.15, 0.2) is 18.5 Å². The molecule has 2 aromatic heterocycles. The van der Waals surface area contributed by atoms with Gasteiger partial charge in [-0.1, -0.05) is 0 Å². The summed E-state index contributed by atoms with van der Waals surface area (Å²) in [7, 11) is 0. The van der Waals surface area contributed by atoms with Crippen molar-refractivity contribution in [2.45, 2.75) is 26.4 Å². The second kappa shape index (κ2) is 6.73. The number of hydrogen-bond acceptors (Lipinski definition) is 5. The van der Waals surface area contributed by atoms with Crippen molar-refractivity contribution < 1.29 is 19.5 Å². The van der Waals surface area contributed by atoms with Crippen molar-refractivity contribution in [1.29, 1.82) is 0 Å². The number of nitrogens with one attached hydrogen (secondary N) is 1. The van der Waals surface area contributed by atoms with E-state index in [1.165, 1.54) is 27.8 Å². The minimum absolute atomic E-state index is 0.00516. The van der Waals surface area contributed by atoms with E-state index in [2.05, 4.69) is 15.5 Å². The van der Waals surface area contributed by atoms with E-state index < -0.39 is 17.8 Å². The van der Waals surface area contributed by atoms with E-state index in [-0.39, 0.29) is 30.0 Å². The van der Waals surface area contributed by atoms with Gasteiger partial charge in [-0.3, -0.25) is 19.0 Å². The second-order valence-corrected chi connectivity index (χ2v) is 4.63. The number of anilines is 1. The maximum atomic E-state index is 12.0. The van der Waals surface area contributed by atoms with Crippen LogP contribution in [0, 0.1) is 0 Å². The van der Waals surface area contributed by atoms with Gasteiger partial charge in [0.1, 0.15) is 11.4 Å². The fourth-order valence-electron chi connectivity index (χ4n) is 2.09. The molecule has 0 saturated heterocycles. The van der Waals surface area contributed by atoms with Crippen molar-refractivity contribution in [3.63, 3.8) is 0 Å². The van der Waals surface area contributed by atoms with Crippen LogP contribution in [0.5, 0.6) is 0 Å². The van der Waals surface area contributed by atoms with Gasteiger partial charge < -0.3 is 16.2 Å². The Kier molecular flexibility index (Phi) is 4.74. The lowest BCUT2D eigenvalue weighted by Gasteiger charge is -2.07. The highest BCUT2D eigenvalue weighted by Gasteiger charge is 2.17. The number of carbonyl (C=O) groups excluding carboxylic acids is 2. The van der Waals surface area contributed by atoms with Crippen LogP contribution in [0.1, 0.15) is 34.3 Å². The topological polar surface area (TPSA) is 145 Å². The fourth-order valence-corrected chi connectivity index (χ4v) is 2.09. The average molecular weight is 320 g/mol. The molecule has 0 fully saturated rings. The van der Waals surface area contributed by atoms with E-state index in [9.17, 15) is 14.4 Å². The first-order chi connectivity index (χ1) is 10.9. The first kappa shape index (κ1) is 16.2. The number of hydrogen-bond donors (Lipinski definition) is 3. The summed E-state index contributed by atoms with van der Waals surface area (Å²) in [5, 5.41) is 19.3. The molecular formula is C13H16N6O4. The van der Waals surface area contributed by atoms with Crippen LogP contribution in [-0.4, -0.2) is 42.5 Å². The van der Waals surface area contributed by atoms with Crippen LogP contribution >= 0.6 is 0 Å². The lowest BCUT2D eigenvalue weighted by Crippen LogP contribution is -2.22. The smallest absolute Gasteiger partial charge is 0.354 e. The summed E-state index contributed by atoms with van der Waals surface area (Å²) >= 11 is 0. The summed E-state index contributed by atoms with van der Waals surface area (Å²) < 4.78 is 2.60. The van der Waals surface area contributed by atoms with Crippen molar-refractivity contribution in [2.75, 3.05) is 5.32 Å². The van der Waals surface area contributed by atoms with E-state index >= 15 is 0 Å². The van der Waals surface area contributed by atoms with Gasteiger partial charge in [-0.15, -0.1) is 0 Å². The number of aromatic nitrogens is 4. The third kappa shape index (κ3) is 3.54. The quantitative estimate of drug-likeness (QED) is 0.651. The van der Waals surface area contributed by atoms with Crippen LogP contribution in [0.4, 0.5) is 5.69 Å². The molecule has 2 rings (SSSR count). The molecule has 0 radical (unpaired) electrons. The SMILES string of the molecule is CCn1ncc(NC(=O)CCn2nccc2C(=O)O)c1C(N)=O. The number of carboxylic acid groups (broad SMARTS) is 1. The number of rotatable bonds is 7. The molecule has 0 unspecified atom stereocenters. The summed E-state index contributed by atoms with van der Waals surface area (Å²) in [6, 6.07) is 1.34. The van der Waals surface area contributed by atoms with Crippen LogP contribution in [0.25, 0.3) is 0 Å². The van der Waals surface area contributed by atoms with Crippen molar-refractivity contribution in [3.05, 3.63) is 29.8 Å². The fraction of sp³-hybridized carbons (Fsp3) is 0.308. The van der Waals surface area contributed by atoms with Gasteiger partial charge in [-0.25, -0.2) is 4.79 Å². The molecule has 10 nitrogen and oxygen atoms in total. The number of amides is 2. The zero-order valence-electron chi connectivity index (χ0n) is 12.4. The molecule has 0 bridgehead atoms. The highest BCUT2D eigenvalue weighted by Crippen LogP contribution is 2.15. The van der Waals surface area contributed by atoms with Crippen LogP contribution in [0.2, 0.25) is 0 Å². The van der Waals surface area contributed by atoms with Gasteiger partial charge in [0.2, 0.25) is 5.91 Å². The first-order valence-electron chi connectivity index (χ1n) is 6.84. The third-order valence-corrected chi connectivity index (χ3v) is 3.13. The Labute approximate surface area is 130 Å². The van der Waals surface area contributed by atoms with E-state index in [0.717, 1.165) is 0 Å². The Bertz CT molecular complexity index is 747. The predicted octanol–water partition coefficient (Wildman–Crippen LogP) is -0.0746. The molecule has 4 N–H and O–H groups in total. The summed E-state index contributed by atoms with van der Waals surface area (Å²) in [5.74, 6) is -2.22. The molecule has 122 valence electrons. The van der Waals surface area contributed by atoms with Gasteiger partial charge in [-0.05, 0) is 13.0 Å². The van der Waals surface area contributed by atoms with E-state index in [1.54, 1.807) is 6.92 Å². The Hall–Kier alpha value is -3.17. The van der Waals surface area contributed by atoms with Gasteiger partial charge in [0.25, 0.3) is 5.91 Å². The number of nitrogens with zero attached hydrogens (tertiary/aromatic N) is 4. The monoisotopic (exact) mass is 320 g/mol. The molecule has 10 heteroatoms. The largest absolute Gasteiger partial charge is 0.477 e. The third-order valence-electron chi connectivity index (χ3n) is 3.13. The van der Waals surface area contributed by atoms with Gasteiger partial charge in [0.15, 0.2) is 0 Å². The van der Waals surface area contributed by atoms with Crippen molar-refractivity contribution in [2.24, 2.45) is 5.73 Å². The maximum absolute atomic E-state index is 12.0. The van der Waals surface area contributed by atoms with E-state index in [0.29, 0.717) is 6.54 Å². The molecular weight excluding hydrogens is 304 g/mol. The normalized spacial score (nSPS) is 10.5. The van der Waals surface area contributed by atoms with Crippen LogP contribution in [-0.2, 0) is 17.9 Å². The molecule has 0 aliphatic carbocycles. The zero-order chi connectivity index (χ0) is 17.0. The van der Waals surface area contributed by atoms with E-state index in [1.807, 2.05) is 0 Å². The minimum Gasteiger partial charge on any atom is -0.477 e. The van der Waals surface area contributed by atoms with Gasteiger partial charge in [0.05, 0.1) is 18.4 Å². The predicted molar refractivity (Wildman–Crippen MR) is 78.9 cm³/mol. The molecule has 2 heterocycles. The Balaban J connectivity index is 2.03. The standard InChI is InChI=1S/C13H16N6O4/c1-2-18-11(12(14)21)8(7-16-18)17-10(20)4-6-19-9(13(22)23)3-5-15-19/h3,5,7H,2,4,6H2,1H3,(H2,14,21)(H,17,20)(H,22,23). The summed E-state index contributed by atoms with van der Waals surface area (Å²) in [6.45, 7) is 2.31. The Morgan fingerprint density at radius 1 is 1.30 bits per heavy atom. The lowest BCUT2D eigenvalue weighted by molar-refractivity contribution is -0.116. The average Bonchev–Trinajstić information content (AvgIpc) is 3.11. The lowest BCUT2D eigenvalue weighted by atomic mass is 10.3. The first-order valence-corrected chi connectivity index (χ1v) is 6.84. The number of aromatic carboxylic acids is 1. The number of carbonyl (C=O) groups is 3. The molecule has 0 aliphatic rings. The number of primary amides is 1. The van der Waals surface area contributed by atoms with Crippen LogP contribution in [0.3, 0.4) is 0 Å². The maximum Gasteiger partial charge on any atom is 0.354 e. The van der Waals surface area contributed by atoms with Gasteiger partial charge in [-0.2, -0.15) is 10.2 Å². The van der Waals surface area contributed by atoms with Crippen molar-refractivity contribution in [1.82, 2.24) is 19.6 Å². The van der Waals surface area contributed by atoms with E-state index in [4.69, 9.17) is 10.8 Å². The Morgan fingerprint density at radius 2 is 2.04 bits per heavy atom. The molecule has 23 heavy (non-hydrogen) atoms. The number of aryl methyl sites for hydroxylation is 2. The summed E-state index contributed by atoms with van der Waals surface area (Å²) in [6.07, 6.45) is 2.67. The second-order valence-electron chi connectivity index (χ2n) is 4.63. The Morgan fingerprint density at radius 3 is 2.65 bits per heavy atom. The summed E-state index contributed by atoms with van der Waals surface area (Å²) in [5.41, 5.74) is 5.62. The molecule has 0 saturated carbocycles. The molecule has 0 aliphatic heterocycles. The highest BCUT2D eigenvalue weighted by atomic mass is 16.4. The van der Waals surface area contributed by atoms with Crippen molar-refractivity contribution in [3.8, 4) is 0 Å². The minimum atomic E-state index is -1.12. The number of nitrogens with two attached hydrogens (primary N) is 1. The molecule has 2 aromatic rings. The number of carboxylic acids is 1. The van der Waals surface area contributed by atoms with Gasteiger partial charge >= 0.3 is 5.97 Å². The highest BCUT2D eigenvalue weighted by molar-refractivity contribution is 6.01. The summed E-state index contributed by atoms with van der Waals surface area (Å²) in [4.78, 5) is 34.4. The zero-order valence-corrected chi connectivity index (χ0v) is 12.4. The van der Waals surface area contributed by atoms with Gasteiger partial charge in [0, 0.05) is 19.2 Å². The molecule has 0 aromatic carbocycles. The molecule has 0 spiro atoms.